The summed E-state index contributed by atoms with van der Waals surface area (Å²) in [4.78, 5) is 0. The molecule has 1 heterocycles. The lowest BCUT2D eigenvalue weighted by Gasteiger charge is -2.03. The van der Waals surface area contributed by atoms with E-state index in [4.69, 9.17) is 34.8 Å². The number of alkyl halides is 1. The van der Waals surface area contributed by atoms with E-state index in [-0.39, 0.29) is 5.88 Å². The van der Waals surface area contributed by atoms with Crippen molar-refractivity contribution in [2.75, 3.05) is 0 Å². The summed E-state index contributed by atoms with van der Waals surface area (Å²) >= 11 is 17.3. The van der Waals surface area contributed by atoms with E-state index in [1.165, 1.54) is 4.68 Å². The number of tetrazole rings is 1. The third-order valence-electron chi connectivity index (χ3n) is 1.80. The molecule has 4 nitrogen and oxygen atoms in total. The molecule has 0 aliphatic heterocycles. The third-order valence-corrected chi connectivity index (χ3v) is 2.78. The van der Waals surface area contributed by atoms with Crippen LogP contribution in [0, 0.1) is 0 Å². The molecule has 0 radical (unpaired) electrons. The van der Waals surface area contributed by atoms with Gasteiger partial charge in [0.2, 0.25) is 0 Å². The SMILES string of the molecule is ClCc1nnnn1-c1ccc(Cl)c(Cl)c1. The highest BCUT2D eigenvalue weighted by Crippen LogP contribution is 2.24. The van der Waals surface area contributed by atoms with Crippen molar-refractivity contribution in [2.24, 2.45) is 0 Å². The predicted octanol–water partition coefficient (Wildman–Crippen LogP) is 2.71. The second kappa shape index (κ2) is 4.35. The fraction of sp³-hybridized carbons (Fsp3) is 0.125. The average molecular weight is 264 g/mol. The van der Waals surface area contributed by atoms with E-state index in [1.807, 2.05) is 0 Å². The molecular formula is C8H5Cl3N4. The quantitative estimate of drug-likeness (QED) is 0.783. The largest absolute Gasteiger partial charge is 0.196 e. The minimum absolute atomic E-state index is 0.229. The summed E-state index contributed by atoms with van der Waals surface area (Å²) in [6.07, 6.45) is 0. The van der Waals surface area contributed by atoms with Crippen molar-refractivity contribution in [3.63, 3.8) is 0 Å². The van der Waals surface area contributed by atoms with Crippen molar-refractivity contribution in [3.05, 3.63) is 34.1 Å². The molecule has 1 aromatic carbocycles. The number of benzene rings is 1. The Labute approximate surface area is 101 Å². The van der Waals surface area contributed by atoms with Gasteiger partial charge in [-0.1, -0.05) is 23.2 Å². The number of rotatable bonds is 2. The number of hydrogen-bond acceptors (Lipinski definition) is 3. The van der Waals surface area contributed by atoms with Gasteiger partial charge in [0, 0.05) is 0 Å². The van der Waals surface area contributed by atoms with Gasteiger partial charge in [0.1, 0.15) is 0 Å². The molecule has 7 heteroatoms. The Balaban J connectivity index is 2.50. The van der Waals surface area contributed by atoms with Crippen LogP contribution in [0.3, 0.4) is 0 Å². The van der Waals surface area contributed by atoms with E-state index in [0.29, 0.717) is 15.9 Å². The molecule has 2 aromatic rings. The van der Waals surface area contributed by atoms with Crippen LogP contribution < -0.4 is 0 Å². The summed E-state index contributed by atoms with van der Waals surface area (Å²) in [6.45, 7) is 0. The normalized spacial score (nSPS) is 10.6. The highest BCUT2D eigenvalue weighted by molar-refractivity contribution is 6.42. The maximum atomic E-state index is 5.88. The van der Waals surface area contributed by atoms with Gasteiger partial charge in [0.25, 0.3) is 0 Å². The van der Waals surface area contributed by atoms with Gasteiger partial charge in [-0.05, 0) is 28.6 Å². The van der Waals surface area contributed by atoms with Gasteiger partial charge in [-0.3, -0.25) is 0 Å². The lowest BCUT2D eigenvalue weighted by molar-refractivity contribution is 0.777. The molecule has 0 amide bonds. The maximum absolute atomic E-state index is 5.88. The first-order chi connectivity index (χ1) is 7.22. The Kier molecular flexibility index (Phi) is 3.09. The highest BCUT2D eigenvalue weighted by Gasteiger charge is 2.08. The minimum atomic E-state index is 0.229. The molecule has 0 saturated carbocycles. The Morgan fingerprint density at radius 3 is 2.67 bits per heavy atom. The number of nitrogens with zero attached hydrogens (tertiary/aromatic N) is 4. The molecule has 0 saturated heterocycles. The van der Waals surface area contributed by atoms with Crippen LogP contribution in [-0.4, -0.2) is 20.2 Å². The summed E-state index contributed by atoms with van der Waals surface area (Å²) in [5.74, 6) is 0.780. The third kappa shape index (κ3) is 2.07. The van der Waals surface area contributed by atoms with E-state index in [0.717, 1.165) is 5.69 Å². The van der Waals surface area contributed by atoms with Crippen LogP contribution in [0.1, 0.15) is 5.82 Å². The molecular weight excluding hydrogens is 258 g/mol. The van der Waals surface area contributed by atoms with Gasteiger partial charge in [-0.25, -0.2) is 0 Å². The molecule has 78 valence electrons. The number of aromatic nitrogens is 4. The van der Waals surface area contributed by atoms with Gasteiger partial charge in [-0.2, -0.15) is 4.68 Å². The second-order valence-corrected chi connectivity index (χ2v) is 3.82. The molecule has 0 fully saturated rings. The monoisotopic (exact) mass is 262 g/mol. The van der Waals surface area contributed by atoms with Crippen LogP contribution in [0.5, 0.6) is 0 Å². The van der Waals surface area contributed by atoms with Crippen LogP contribution in [0.25, 0.3) is 5.69 Å². The second-order valence-electron chi connectivity index (χ2n) is 2.74. The van der Waals surface area contributed by atoms with Crippen molar-refractivity contribution in [3.8, 4) is 5.69 Å². The van der Waals surface area contributed by atoms with Gasteiger partial charge in [-0.15, -0.1) is 16.7 Å². The van der Waals surface area contributed by atoms with Crippen LogP contribution in [0.15, 0.2) is 18.2 Å². The molecule has 0 atom stereocenters. The number of halogens is 3. The molecule has 0 spiro atoms. The average Bonchev–Trinajstić information content (AvgIpc) is 2.70. The van der Waals surface area contributed by atoms with Crippen molar-refractivity contribution in [2.45, 2.75) is 5.88 Å². The van der Waals surface area contributed by atoms with Crippen LogP contribution in [0.2, 0.25) is 10.0 Å². The lowest BCUT2D eigenvalue weighted by Crippen LogP contribution is -2.01. The van der Waals surface area contributed by atoms with E-state index in [2.05, 4.69) is 15.5 Å². The van der Waals surface area contributed by atoms with E-state index >= 15 is 0 Å². The standard InChI is InChI=1S/C8H5Cl3N4/c9-4-8-12-13-14-15(8)5-1-2-6(10)7(11)3-5/h1-3H,4H2. The van der Waals surface area contributed by atoms with Gasteiger partial charge >= 0.3 is 0 Å². The summed E-state index contributed by atoms with van der Waals surface area (Å²) < 4.78 is 1.51. The van der Waals surface area contributed by atoms with Crippen LogP contribution in [0.4, 0.5) is 0 Å². The van der Waals surface area contributed by atoms with Crippen molar-refractivity contribution in [1.29, 1.82) is 0 Å². The molecule has 0 unspecified atom stereocenters. The summed E-state index contributed by atoms with van der Waals surface area (Å²) in [7, 11) is 0. The lowest BCUT2D eigenvalue weighted by atomic mass is 10.3. The van der Waals surface area contributed by atoms with Crippen molar-refractivity contribution < 1.29 is 0 Å². The Morgan fingerprint density at radius 2 is 2.00 bits per heavy atom. The van der Waals surface area contributed by atoms with Crippen LogP contribution >= 0.6 is 34.8 Å². The van der Waals surface area contributed by atoms with E-state index < -0.39 is 0 Å². The van der Waals surface area contributed by atoms with Crippen molar-refractivity contribution in [1.82, 2.24) is 20.2 Å². The van der Waals surface area contributed by atoms with Crippen molar-refractivity contribution >= 4 is 34.8 Å². The molecule has 1 aromatic heterocycles. The molecule has 0 aliphatic rings. The molecule has 15 heavy (non-hydrogen) atoms. The van der Waals surface area contributed by atoms with Gasteiger partial charge < -0.3 is 0 Å². The Morgan fingerprint density at radius 1 is 1.20 bits per heavy atom. The Bertz CT molecular complexity index is 482. The molecule has 0 N–H and O–H groups in total. The van der Waals surface area contributed by atoms with Crippen LogP contribution in [-0.2, 0) is 5.88 Å². The zero-order valence-electron chi connectivity index (χ0n) is 7.36. The Hall–Kier alpha value is -0.840. The fourth-order valence-electron chi connectivity index (χ4n) is 1.11. The van der Waals surface area contributed by atoms with E-state index in [1.54, 1.807) is 18.2 Å². The van der Waals surface area contributed by atoms with E-state index in [9.17, 15) is 0 Å². The fourth-order valence-corrected chi connectivity index (χ4v) is 1.57. The first-order valence-electron chi connectivity index (χ1n) is 4.01. The highest BCUT2D eigenvalue weighted by atomic mass is 35.5. The summed E-state index contributed by atoms with van der Waals surface area (Å²) in [6, 6.07) is 5.12. The first kappa shape index (κ1) is 10.7. The first-order valence-corrected chi connectivity index (χ1v) is 5.30. The summed E-state index contributed by atoms with van der Waals surface area (Å²) in [5, 5.41) is 12.0. The zero-order valence-corrected chi connectivity index (χ0v) is 9.63. The predicted molar refractivity (Wildman–Crippen MR) is 58.7 cm³/mol. The number of hydrogen-bond donors (Lipinski definition) is 0. The molecule has 2 rings (SSSR count). The molecule has 0 bridgehead atoms. The van der Waals surface area contributed by atoms with Gasteiger partial charge in [0.15, 0.2) is 5.82 Å². The zero-order chi connectivity index (χ0) is 10.8. The topological polar surface area (TPSA) is 43.6 Å². The van der Waals surface area contributed by atoms with Gasteiger partial charge in [0.05, 0.1) is 21.6 Å². The summed E-state index contributed by atoms with van der Waals surface area (Å²) in [5.41, 5.74) is 0.727. The minimum Gasteiger partial charge on any atom is -0.196 e. The smallest absolute Gasteiger partial charge is 0.171 e. The molecule has 0 aliphatic carbocycles. The maximum Gasteiger partial charge on any atom is 0.171 e.